The Kier molecular flexibility index (Phi) is 4.59. The largest absolute Gasteiger partial charge is 0.350 e. The average molecular weight is 359 g/mol. The van der Waals surface area contributed by atoms with Crippen molar-refractivity contribution in [3.8, 4) is 0 Å². The number of nitro groups is 1. The molecule has 0 radical (unpaired) electrons. The van der Waals surface area contributed by atoms with Crippen LogP contribution in [0, 0.1) is 10.1 Å². The molecule has 0 amide bonds. The number of nitrogens with one attached hydrogen (secondary N) is 1. The van der Waals surface area contributed by atoms with Gasteiger partial charge < -0.3 is 5.32 Å². The monoisotopic (exact) mass is 358 g/mol. The van der Waals surface area contributed by atoms with Crippen LogP contribution in [0.15, 0.2) is 60.0 Å². The first-order valence-corrected chi connectivity index (χ1v) is 8.19. The van der Waals surface area contributed by atoms with E-state index in [1.807, 2.05) is 0 Å². The predicted octanol–water partition coefficient (Wildman–Crippen LogP) is 5.28. The van der Waals surface area contributed by atoms with Gasteiger partial charge in [0.05, 0.1) is 9.80 Å². The van der Waals surface area contributed by atoms with E-state index in [4.69, 9.17) is 11.6 Å². The predicted molar refractivity (Wildman–Crippen MR) is 95.6 cm³/mol. The molecule has 3 aromatic rings. The first kappa shape index (κ1) is 16.2. The molecule has 0 saturated carbocycles. The van der Waals surface area contributed by atoms with Crippen molar-refractivity contribution in [1.29, 1.82) is 0 Å². The number of anilines is 2. The topological polar surface area (TPSA) is 72.2 Å². The molecule has 0 spiro atoms. The van der Waals surface area contributed by atoms with Crippen molar-refractivity contribution in [2.75, 3.05) is 5.32 Å². The molecule has 120 valence electrons. The highest BCUT2D eigenvalue weighted by molar-refractivity contribution is 7.12. The summed E-state index contributed by atoms with van der Waals surface area (Å²) in [4.78, 5) is 23.7. The van der Waals surface area contributed by atoms with Gasteiger partial charge in [0, 0.05) is 22.3 Å². The van der Waals surface area contributed by atoms with Crippen LogP contribution in [-0.2, 0) is 0 Å². The van der Waals surface area contributed by atoms with Gasteiger partial charge in [-0.05, 0) is 47.8 Å². The Bertz CT molecular complexity index is 893. The summed E-state index contributed by atoms with van der Waals surface area (Å²) in [6, 6.07) is 14.7. The van der Waals surface area contributed by atoms with Gasteiger partial charge in [-0.2, -0.15) is 0 Å². The second kappa shape index (κ2) is 6.82. The molecule has 0 bridgehead atoms. The van der Waals surface area contributed by atoms with E-state index >= 15 is 0 Å². The smallest absolute Gasteiger partial charge is 0.293 e. The molecular formula is C17H11ClN2O3S. The lowest BCUT2D eigenvalue weighted by Gasteiger charge is -2.08. The Morgan fingerprint density at radius 2 is 1.88 bits per heavy atom. The quantitative estimate of drug-likeness (QED) is 0.382. The van der Waals surface area contributed by atoms with Gasteiger partial charge in [-0.15, -0.1) is 11.3 Å². The summed E-state index contributed by atoms with van der Waals surface area (Å²) in [7, 11) is 0. The fourth-order valence-corrected chi connectivity index (χ4v) is 2.98. The number of nitrogens with zero attached hydrogens (tertiary/aromatic N) is 1. The molecule has 0 unspecified atom stereocenters. The minimum atomic E-state index is -0.510. The number of ketones is 1. The Balaban J connectivity index is 1.94. The van der Waals surface area contributed by atoms with Crippen LogP contribution in [0.25, 0.3) is 0 Å². The molecule has 3 rings (SSSR count). The van der Waals surface area contributed by atoms with Crippen molar-refractivity contribution in [3.05, 3.63) is 85.6 Å². The molecule has 2 aromatic carbocycles. The Morgan fingerprint density at radius 1 is 1.12 bits per heavy atom. The van der Waals surface area contributed by atoms with E-state index in [0.717, 1.165) is 0 Å². The number of hydrogen-bond donors (Lipinski definition) is 1. The van der Waals surface area contributed by atoms with Gasteiger partial charge in [0.1, 0.15) is 5.69 Å². The maximum Gasteiger partial charge on any atom is 0.293 e. The number of hydrogen-bond acceptors (Lipinski definition) is 5. The third kappa shape index (κ3) is 3.45. The molecule has 0 aliphatic heterocycles. The maximum atomic E-state index is 12.3. The Labute approximate surface area is 146 Å². The summed E-state index contributed by atoms with van der Waals surface area (Å²) >= 11 is 7.13. The van der Waals surface area contributed by atoms with Crippen molar-refractivity contribution >= 4 is 45.8 Å². The summed E-state index contributed by atoms with van der Waals surface area (Å²) < 4.78 is 0. The van der Waals surface area contributed by atoms with Gasteiger partial charge in [0.15, 0.2) is 0 Å². The second-order valence-electron chi connectivity index (χ2n) is 4.93. The first-order valence-electron chi connectivity index (χ1n) is 6.94. The normalized spacial score (nSPS) is 10.4. The molecular weight excluding hydrogens is 348 g/mol. The first-order chi connectivity index (χ1) is 11.5. The van der Waals surface area contributed by atoms with Crippen LogP contribution in [-0.4, -0.2) is 10.7 Å². The molecule has 0 fully saturated rings. The van der Waals surface area contributed by atoms with Crippen LogP contribution < -0.4 is 5.32 Å². The fourth-order valence-electron chi connectivity index (χ4n) is 2.17. The molecule has 7 heteroatoms. The SMILES string of the molecule is O=C(c1ccc(Nc2ccc(Cl)cc2)c([N+](=O)[O-])c1)c1cccs1. The van der Waals surface area contributed by atoms with Crippen LogP contribution in [0.1, 0.15) is 15.2 Å². The van der Waals surface area contributed by atoms with Crippen molar-refractivity contribution < 1.29 is 9.72 Å². The summed E-state index contributed by atoms with van der Waals surface area (Å²) in [6.45, 7) is 0. The lowest BCUT2D eigenvalue weighted by molar-refractivity contribution is -0.383. The number of rotatable bonds is 5. The van der Waals surface area contributed by atoms with Gasteiger partial charge in [-0.25, -0.2) is 0 Å². The average Bonchev–Trinajstić information content (AvgIpc) is 3.11. The highest BCUT2D eigenvalue weighted by Gasteiger charge is 2.19. The third-order valence-electron chi connectivity index (χ3n) is 3.32. The lowest BCUT2D eigenvalue weighted by Crippen LogP contribution is -2.02. The second-order valence-corrected chi connectivity index (χ2v) is 6.31. The zero-order chi connectivity index (χ0) is 17.1. The molecule has 0 atom stereocenters. The Hall–Kier alpha value is -2.70. The van der Waals surface area contributed by atoms with Crippen molar-refractivity contribution in [2.24, 2.45) is 0 Å². The molecule has 0 aliphatic rings. The summed E-state index contributed by atoms with van der Waals surface area (Å²) in [5, 5.41) is 16.7. The number of carbonyl (C=O) groups excluding carboxylic acids is 1. The number of carbonyl (C=O) groups is 1. The molecule has 0 saturated heterocycles. The fraction of sp³-hybridized carbons (Fsp3) is 0. The number of thiophene rings is 1. The molecule has 1 heterocycles. The minimum Gasteiger partial charge on any atom is -0.350 e. The van der Waals surface area contributed by atoms with E-state index in [1.54, 1.807) is 47.8 Å². The zero-order valence-corrected chi connectivity index (χ0v) is 13.8. The van der Waals surface area contributed by atoms with Crippen molar-refractivity contribution in [2.45, 2.75) is 0 Å². The van der Waals surface area contributed by atoms with Crippen LogP contribution in [0.5, 0.6) is 0 Å². The van der Waals surface area contributed by atoms with Gasteiger partial charge in [-0.1, -0.05) is 17.7 Å². The minimum absolute atomic E-state index is 0.160. The van der Waals surface area contributed by atoms with Gasteiger partial charge in [-0.3, -0.25) is 14.9 Å². The third-order valence-corrected chi connectivity index (χ3v) is 4.45. The van der Waals surface area contributed by atoms with E-state index in [0.29, 0.717) is 21.3 Å². The summed E-state index contributed by atoms with van der Waals surface area (Å²) in [6.07, 6.45) is 0. The van der Waals surface area contributed by atoms with Crippen LogP contribution in [0.2, 0.25) is 5.02 Å². The highest BCUT2D eigenvalue weighted by Crippen LogP contribution is 2.30. The number of benzene rings is 2. The van der Waals surface area contributed by atoms with Gasteiger partial charge in [0.2, 0.25) is 5.78 Å². The molecule has 1 aromatic heterocycles. The molecule has 1 N–H and O–H groups in total. The van der Waals surface area contributed by atoms with Crippen molar-refractivity contribution in [3.63, 3.8) is 0 Å². The van der Waals surface area contributed by atoms with Crippen molar-refractivity contribution in [1.82, 2.24) is 0 Å². The number of nitro benzene ring substituents is 1. The van der Waals surface area contributed by atoms with Crippen LogP contribution in [0.3, 0.4) is 0 Å². The van der Waals surface area contributed by atoms with Crippen LogP contribution in [0.4, 0.5) is 17.1 Å². The van der Waals surface area contributed by atoms with E-state index in [1.165, 1.54) is 23.5 Å². The van der Waals surface area contributed by atoms with Gasteiger partial charge in [0.25, 0.3) is 5.69 Å². The molecule has 24 heavy (non-hydrogen) atoms. The molecule has 0 aliphatic carbocycles. The van der Waals surface area contributed by atoms with E-state index in [9.17, 15) is 14.9 Å². The highest BCUT2D eigenvalue weighted by atomic mass is 35.5. The zero-order valence-electron chi connectivity index (χ0n) is 12.2. The van der Waals surface area contributed by atoms with Gasteiger partial charge >= 0.3 is 0 Å². The standard InChI is InChI=1S/C17H11ClN2O3S/c18-12-4-6-13(7-5-12)19-14-8-3-11(10-15(14)20(22)23)17(21)16-2-1-9-24-16/h1-10,19H. The van der Waals surface area contributed by atoms with Crippen LogP contribution >= 0.6 is 22.9 Å². The van der Waals surface area contributed by atoms with E-state index in [-0.39, 0.29) is 17.0 Å². The lowest BCUT2D eigenvalue weighted by atomic mass is 10.1. The van der Waals surface area contributed by atoms with E-state index < -0.39 is 4.92 Å². The summed E-state index contributed by atoms with van der Waals surface area (Å²) in [5.41, 5.74) is 1.10. The number of halogens is 1. The van der Waals surface area contributed by atoms with E-state index in [2.05, 4.69) is 5.32 Å². The molecule has 5 nitrogen and oxygen atoms in total. The maximum absolute atomic E-state index is 12.3. The Morgan fingerprint density at radius 3 is 2.50 bits per heavy atom. The summed E-state index contributed by atoms with van der Waals surface area (Å²) in [5.74, 6) is -0.230.